The summed E-state index contributed by atoms with van der Waals surface area (Å²) in [5.74, 6) is 2.14. The van der Waals surface area contributed by atoms with Gasteiger partial charge in [-0.3, -0.25) is 0 Å². The number of anilines is 1. The van der Waals surface area contributed by atoms with Crippen LogP contribution in [-0.4, -0.2) is 24.8 Å². The van der Waals surface area contributed by atoms with E-state index < -0.39 is 5.60 Å². The molecule has 0 unspecified atom stereocenters. The first kappa shape index (κ1) is 32.8. The fourth-order valence-electron chi connectivity index (χ4n) is 11.8. The Morgan fingerprint density at radius 1 is 0.612 bits per heavy atom. The van der Waals surface area contributed by atoms with E-state index in [-0.39, 0.29) is 5.41 Å². The Morgan fingerprint density at radius 3 is 1.80 bits per heavy atom. The highest BCUT2D eigenvalue weighted by molar-refractivity contribution is 5.74. The lowest BCUT2D eigenvalue weighted by Crippen LogP contribution is -2.61. The van der Waals surface area contributed by atoms with Crippen LogP contribution in [0.5, 0.6) is 0 Å². The standard InChI is InChI=1S/C46H57N2O/c1-43-25-12-13-26-44(43,2)39-23-28-45(3)40(38(39)22-27-43)24-29-46(45,49)32-48-41(34-14-8-6-9-15-34)30-36(31-42(48)35-16-10-7-11-17-35)33-18-20-37(21-19-33)47(4)5/h6-11,14-21,30-31,38-40,49H,12-13,22-29,32H2,1-5H3/q+1/t38-,39-,40-,43-,44-,45+,46+/m1/s1. The van der Waals surface area contributed by atoms with Crippen LogP contribution in [0.15, 0.2) is 97.1 Å². The second-order valence-electron chi connectivity index (χ2n) is 17.4. The van der Waals surface area contributed by atoms with Crippen LogP contribution in [0.2, 0.25) is 0 Å². The van der Waals surface area contributed by atoms with E-state index in [4.69, 9.17) is 0 Å². The van der Waals surface area contributed by atoms with Crippen LogP contribution in [0.3, 0.4) is 0 Å². The van der Waals surface area contributed by atoms with E-state index in [2.05, 4.69) is 141 Å². The van der Waals surface area contributed by atoms with E-state index in [0.717, 1.165) is 31.1 Å². The van der Waals surface area contributed by atoms with Gasteiger partial charge in [-0.25, -0.2) is 0 Å². The molecule has 3 aromatic carbocycles. The molecule has 0 spiro atoms. The average Bonchev–Trinajstić information content (AvgIpc) is 3.39. The van der Waals surface area contributed by atoms with Gasteiger partial charge < -0.3 is 10.0 Å². The van der Waals surface area contributed by atoms with Crippen molar-refractivity contribution in [3.05, 3.63) is 97.1 Å². The fraction of sp³-hybridized carbons (Fsp3) is 0.500. The maximum Gasteiger partial charge on any atom is 0.213 e. The maximum absolute atomic E-state index is 13.2. The molecule has 3 nitrogen and oxygen atoms in total. The topological polar surface area (TPSA) is 27.4 Å². The Hall–Kier alpha value is -3.43. The van der Waals surface area contributed by atoms with Gasteiger partial charge >= 0.3 is 0 Å². The molecule has 3 heteroatoms. The lowest BCUT2D eigenvalue weighted by molar-refractivity contribution is -0.692. The molecular weight excluding hydrogens is 597 g/mol. The van der Waals surface area contributed by atoms with Gasteiger partial charge in [0.25, 0.3) is 0 Å². The summed E-state index contributed by atoms with van der Waals surface area (Å²) in [5.41, 5.74) is 8.41. The van der Waals surface area contributed by atoms with Gasteiger partial charge in [-0.1, -0.05) is 82.1 Å². The van der Waals surface area contributed by atoms with Crippen LogP contribution >= 0.6 is 0 Å². The molecule has 0 radical (unpaired) electrons. The van der Waals surface area contributed by atoms with Crippen molar-refractivity contribution >= 4 is 5.69 Å². The molecule has 0 saturated heterocycles. The van der Waals surface area contributed by atoms with Gasteiger partial charge in [0, 0.05) is 48.5 Å². The summed E-state index contributed by atoms with van der Waals surface area (Å²) < 4.78 is 2.49. The molecule has 4 saturated carbocycles. The lowest BCUT2D eigenvalue weighted by atomic mass is 9.40. The Labute approximate surface area is 295 Å². The predicted octanol–water partition coefficient (Wildman–Crippen LogP) is 10.6. The molecule has 8 rings (SSSR count). The predicted molar refractivity (Wildman–Crippen MR) is 203 cm³/mol. The first-order valence-electron chi connectivity index (χ1n) is 19.2. The number of aromatic nitrogens is 1. The van der Waals surface area contributed by atoms with Gasteiger partial charge in [-0.15, -0.1) is 0 Å². The van der Waals surface area contributed by atoms with E-state index in [1.54, 1.807) is 0 Å². The van der Waals surface area contributed by atoms with Crippen molar-refractivity contribution in [2.45, 2.75) is 97.1 Å². The molecule has 4 aliphatic rings. The Bertz CT molecular complexity index is 1740. The van der Waals surface area contributed by atoms with Crippen molar-refractivity contribution < 1.29 is 9.67 Å². The van der Waals surface area contributed by atoms with Gasteiger partial charge in [-0.05, 0) is 127 Å². The molecule has 0 amide bonds. The van der Waals surface area contributed by atoms with E-state index in [1.165, 1.54) is 84.3 Å². The zero-order valence-corrected chi connectivity index (χ0v) is 30.6. The summed E-state index contributed by atoms with van der Waals surface area (Å²) >= 11 is 0. The van der Waals surface area contributed by atoms with Gasteiger partial charge in [0.05, 0.1) is 0 Å². The lowest BCUT2D eigenvalue weighted by Gasteiger charge is -2.65. The largest absolute Gasteiger partial charge is 0.383 e. The summed E-state index contributed by atoms with van der Waals surface area (Å²) in [7, 11) is 4.18. The van der Waals surface area contributed by atoms with Crippen LogP contribution in [0, 0.1) is 34.0 Å². The number of pyridine rings is 1. The fourth-order valence-corrected chi connectivity index (χ4v) is 11.8. The molecule has 4 fully saturated rings. The van der Waals surface area contributed by atoms with Crippen LogP contribution in [0.25, 0.3) is 33.6 Å². The molecule has 4 aromatic rings. The SMILES string of the molecule is CN(C)c1ccc(-c2cc(-c3ccccc3)[n+](C[C@@]3(O)CC[C@@H]4[C@@H]5CC[C@@]6(C)CCCC[C@]6(C)[C@@H]5CC[C@@]43C)c(-c3ccccc3)c2)cc1. The van der Waals surface area contributed by atoms with Crippen molar-refractivity contribution in [1.82, 2.24) is 0 Å². The molecule has 49 heavy (non-hydrogen) atoms. The Morgan fingerprint density at radius 2 is 1.18 bits per heavy atom. The van der Waals surface area contributed by atoms with E-state index in [1.807, 2.05) is 0 Å². The minimum Gasteiger partial charge on any atom is -0.383 e. The minimum absolute atomic E-state index is 0.0947. The molecule has 1 N–H and O–H groups in total. The van der Waals surface area contributed by atoms with Crippen molar-refractivity contribution in [2.24, 2.45) is 34.0 Å². The summed E-state index contributed by atoms with van der Waals surface area (Å²) in [6, 6.07) is 35.4. The number of nitrogens with zero attached hydrogens (tertiary/aromatic N) is 2. The zero-order chi connectivity index (χ0) is 34.0. The second kappa shape index (κ2) is 12.1. The first-order chi connectivity index (χ1) is 23.6. The number of hydrogen-bond acceptors (Lipinski definition) is 2. The first-order valence-corrected chi connectivity index (χ1v) is 19.2. The molecule has 7 atom stereocenters. The van der Waals surface area contributed by atoms with Gasteiger partial charge in [0.2, 0.25) is 11.4 Å². The summed E-state index contributed by atoms with van der Waals surface area (Å²) in [5, 5.41) is 13.2. The van der Waals surface area contributed by atoms with Gasteiger partial charge in [-0.2, -0.15) is 4.57 Å². The minimum atomic E-state index is -0.774. The number of aliphatic hydroxyl groups is 1. The highest BCUT2D eigenvalue weighted by Crippen LogP contribution is 2.71. The smallest absolute Gasteiger partial charge is 0.213 e. The van der Waals surface area contributed by atoms with E-state index >= 15 is 0 Å². The molecule has 1 aromatic heterocycles. The number of hydrogen-bond donors (Lipinski definition) is 1. The van der Waals surface area contributed by atoms with Crippen molar-refractivity contribution in [3.8, 4) is 33.6 Å². The Balaban J connectivity index is 1.22. The summed E-state index contributed by atoms with van der Waals surface area (Å²) in [6.07, 6.45) is 12.8. The van der Waals surface area contributed by atoms with Gasteiger partial charge in [0.1, 0.15) is 5.60 Å². The normalized spacial score (nSPS) is 33.7. The molecule has 4 aliphatic carbocycles. The number of fused-ring (bicyclic) bond motifs is 5. The van der Waals surface area contributed by atoms with Crippen molar-refractivity contribution in [2.75, 3.05) is 19.0 Å². The highest BCUT2D eigenvalue weighted by atomic mass is 16.3. The van der Waals surface area contributed by atoms with Crippen molar-refractivity contribution in [1.29, 1.82) is 0 Å². The van der Waals surface area contributed by atoms with Gasteiger partial charge in [0.15, 0.2) is 6.54 Å². The quantitative estimate of drug-likeness (QED) is 0.210. The van der Waals surface area contributed by atoms with Crippen LogP contribution in [-0.2, 0) is 6.54 Å². The number of benzene rings is 3. The van der Waals surface area contributed by atoms with E-state index in [9.17, 15) is 5.11 Å². The molecular formula is C46H57N2O+. The summed E-state index contributed by atoms with van der Waals surface area (Å²) in [4.78, 5) is 2.15. The number of rotatable bonds is 6. The third-order valence-corrected chi connectivity index (χ3v) is 15.1. The third kappa shape index (κ3) is 5.21. The zero-order valence-electron chi connectivity index (χ0n) is 30.6. The van der Waals surface area contributed by atoms with Crippen molar-refractivity contribution in [3.63, 3.8) is 0 Å². The van der Waals surface area contributed by atoms with Crippen LogP contribution in [0.1, 0.15) is 85.0 Å². The second-order valence-corrected chi connectivity index (χ2v) is 17.4. The monoisotopic (exact) mass is 653 g/mol. The maximum atomic E-state index is 13.2. The molecule has 0 aliphatic heterocycles. The summed E-state index contributed by atoms with van der Waals surface area (Å²) in [6.45, 7) is 8.41. The van der Waals surface area contributed by atoms with Crippen LogP contribution < -0.4 is 9.47 Å². The molecule has 0 bridgehead atoms. The highest BCUT2D eigenvalue weighted by Gasteiger charge is 2.67. The third-order valence-electron chi connectivity index (χ3n) is 15.1. The van der Waals surface area contributed by atoms with Crippen LogP contribution in [0.4, 0.5) is 5.69 Å². The Kier molecular flexibility index (Phi) is 8.10. The molecule has 1 heterocycles. The molecule has 256 valence electrons. The van der Waals surface area contributed by atoms with E-state index in [0.29, 0.717) is 23.3 Å². The average molecular weight is 654 g/mol.